The van der Waals surface area contributed by atoms with Crippen LogP contribution in [0.1, 0.15) is 5.56 Å². The summed E-state index contributed by atoms with van der Waals surface area (Å²) in [5.41, 5.74) is -2.58. The van der Waals surface area contributed by atoms with Gasteiger partial charge in [-0.3, -0.25) is 9.59 Å². The number of piperazine rings is 1. The fraction of sp³-hybridized carbons (Fsp3) is 0.333. The number of carbonyl (C=O) groups is 2. The second-order valence-corrected chi connectivity index (χ2v) is 4.30. The van der Waals surface area contributed by atoms with E-state index in [1.807, 2.05) is 5.32 Å². The molecule has 1 saturated heterocycles. The number of halogens is 3. The van der Waals surface area contributed by atoms with Crippen LogP contribution in [-0.2, 0) is 16.0 Å². The fourth-order valence-corrected chi connectivity index (χ4v) is 1.98. The lowest BCUT2D eigenvalue weighted by atomic mass is 9.87. The highest BCUT2D eigenvalue weighted by molar-refractivity contribution is 5.98. The van der Waals surface area contributed by atoms with Crippen LogP contribution in [0.2, 0.25) is 0 Å². The normalized spacial score (nSPS) is 23.7. The van der Waals surface area contributed by atoms with Crippen LogP contribution in [0.25, 0.3) is 0 Å². The zero-order valence-corrected chi connectivity index (χ0v) is 9.75. The van der Waals surface area contributed by atoms with Crippen molar-refractivity contribution in [1.29, 1.82) is 0 Å². The van der Waals surface area contributed by atoms with E-state index in [1.54, 1.807) is 23.5 Å². The van der Waals surface area contributed by atoms with Crippen LogP contribution >= 0.6 is 0 Å². The van der Waals surface area contributed by atoms with E-state index < -0.39 is 36.5 Å². The first-order chi connectivity index (χ1) is 8.85. The Morgan fingerprint density at radius 3 is 2.37 bits per heavy atom. The molecule has 102 valence electrons. The first kappa shape index (κ1) is 13.4. The van der Waals surface area contributed by atoms with Crippen molar-refractivity contribution in [2.24, 2.45) is 0 Å². The summed E-state index contributed by atoms with van der Waals surface area (Å²) in [6, 6.07) is 7.75. The number of hydrogen-bond acceptors (Lipinski definition) is 2. The molecule has 1 atom stereocenters. The van der Waals surface area contributed by atoms with Gasteiger partial charge in [0.05, 0.1) is 6.54 Å². The topological polar surface area (TPSA) is 58.2 Å². The van der Waals surface area contributed by atoms with Gasteiger partial charge >= 0.3 is 6.18 Å². The average Bonchev–Trinajstić information content (AvgIpc) is 2.34. The molecule has 0 aliphatic carbocycles. The van der Waals surface area contributed by atoms with Crippen LogP contribution in [0.3, 0.4) is 0 Å². The molecule has 1 aromatic carbocycles. The Bertz CT molecular complexity index is 501. The van der Waals surface area contributed by atoms with Gasteiger partial charge in [-0.1, -0.05) is 30.3 Å². The molecule has 19 heavy (non-hydrogen) atoms. The van der Waals surface area contributed by atoms with Crippen molar-refractivity contribution in [1.82, 2.24) is 10.6 Å². The first-order valence-electron chi connectivity index (χ1n) is 5.55. The summed E-state index contributed by atoms with van der Waals surface area (Å²) in [5.74, 6) is -2.09. The Hall–Kier alpha value is -2.05. The molecular weight excluding hydrogens is 261 g/mol. The van der Waals surface area contributed by atoms with Gasteiger partial charge in [0.2, 0.25) is 11.4 Å². The third kappa shape index (κ3) is 2.40. The van der Waals surface area contributed by atoms with Crippen molar-refractivity contribution in [3.8, 4) is 0 Å². The molecule has 0 spiro atoms. The van der Waals surface area contributed by atoms with Gasteiger partial charge in [-0.15, -0.1) is 0 Å². The Morgan fingerprint density at radius 2 is 1.79 bits per heavy atom. The molecule has 1 unspecified atom stereocenters. The maximum Gasteiger partial charge on any atom is 0.420 e. The van der Waals surface area contributed by atoms with E-state index in [9.17, 15) is 22.8 Å². The summed E-state index contributed by atoms with van der Waals surface area (Å²) in [6.07, 6.45) is -5.50. The minimum Gasteiger partial charge on any atom is -0.345 e. The Labute approximate surface area is 107 Å². The van der Waals surface area contributed by atoms with Gasteiger partial charge in [-0.2, -0.15) is 13.2 Å². The maximum atomic E-state index is 13.2. The van der Waals surface area contributed by atoms with Gasteiger partial charge in [0.25, 0.3) is 5.91 Å². The molecule has 1 aliphatic heterocycles. The lowest BCUT2D eigenvalue weighted by Crippen LogP contribution is -2.73. The van der Waals surface area contributed by atoms with E-state index in [4.69, 9.17) is 0 Å². The number of carbonyl (C=O) groups excluding carboxylic acids is 2. The van der Waals surface area contributed by atoms with Crippen LogP contribution in [0.15, 0.2) is 30.3 Å². The van der Waals surface area contributed by atoms with Crippen molar-refractivity contribution in [3.05, 3.63) is 35.9 Å². The molecule has 0 aromatic heterocycles. The standard InChI is InChI=1S/C12H11F3N2O2/c13-12(14,15)11(6-8-4-2-1-3-5-8)10(19)16-7-9(18)17-11/h1-5H,6-7H2,(H,16,19)(H,17,18). The van der Waals surface area contributed by atoms with Crippen LogP contribution in [-0.4, -0.2) is 30.1 Å². The molecule has 1 fully saturated rings. The average molecular weight is 272 g/mol. The van der Waals surface area contributed by atoms with Crippen molar-refractivity contribution >= 4 is 11.8 Å². The highest BCUT2D eigenvalue weighted by Gasteiger charge is 2.62. The third-order valence-electron chi connectivity index (χ3n) is 2.95. The Morgan fingerprint density at radius 1 is 1.16 bits per heavy atom. The second-order valence-electron chi connectivity index (χ2n) is 4.30. The summed E-state index contributed by atoms with van der Waals surface area (Å²) >= 11 is 0. The minimum atomic E-state index is -4.87. The second kappa shape index (κ2) is 4.56. The molecule has 0 radical (unpaired) electrons. The smallest absolute Gasteiger partial charge is 0.345 e. The Kier molecular flexibility index (Phi) is 3.21. The van der Waals surface area contributed by atoms with Gasteiger partial charge in [0.1, 0.15) is 0 Å². The number of hydrogen-bond donors (Lipinski definition) is 2. The molecule has 2 N–H and O–H groups in total. The van der Waals surface area contributed by atoms with E-state index in [0.29, 0.717) is 5.56 Å². The molecule has 0 saturated carbocycles. The number of amides is 2. The number of nitrogens with one attached hydrogen (secondary N) is 2. The third-order valence-corrected chi connectivity index (χ3v) is 2.95. The molecular formula is C12H11F3N2O2. The summed E-state index contributed by atoms with van der Waals surface area (Å²) in [7, 11) is 0. The lowest BCUT2D eigenvalue weighted by molar-refractivity contribution is -0.204. The zero-order chi connectivity index (χ0) is 14.1. The number of rotatable bonds is 2. The van der Waals surface area contributed by atoms with E-state index in [2.05, 4.69) is 0 Å². The highest BCUT2D eigenvalue weighted by atomic mass is 19.4. The van der Waals surface area contributed by atoms with Crippen molar-refractivity contribution in [2.75, 3.05) is 6.54 Å². The van der Waals surface area contributed by atoms with Crippen LogP contribution in [0.5, 0.6) is 0 Å². The predicted octanol–water partition coefficient (Wildman–Crippen LogP) is 0.776. The molecule has 0 bridgehead atoms. The van der Waals surface area contributed by atoms with E-state index >= 15 is 0 Å². The van der Waals surface area contributed by atoms with Gasteiger partial charge in [-0.25, -0.2) is 0 Å². The van der Waals surface area contributed by atoms with Crippen LogP contribution in [0.4, 0.5) is 13.2 Å². The first-order valence-corrected chi connectivity index (χ1v) is 5.55. The van der Waals surface area contributed by atoms with Crippen molar-refractivity contribution in [3.63, 3.8) is 0 Å². The molecule has 1 aromatic rings. The maximum absolute atomic E-state index is 13.2. The summed E-state index contributed by atoms with van der Waals surface area (Å²) < 4.78 is 39.7. The molecule has 2 rings (SSSR count). The fourth-order valence-electron chi connectivity index (χ4n) is 1.98. The van der Waals surface area contributed by atoms with E-state index in [1.165, 1.54) is 12.1 Å². The quantitative estimate of drug-likeness (QED) is 0.835. The Balaban J connectivity index is 2.40. The SMILES string of the molecule is O=C1CNC(=O)C(Cc2ccccc2)(C(F)(F)F)N1. The minimum absolute atomic E-state index is 0.317. The largest absolute Gasteiger partial charge is 0.420 e. The molecule has 2 amide bonds. The monoisotopic (exact) mass is 272 g/mol. The van der Waals surface area contributed by atoms with Crippen LogP contribution in [0, 0.1) is 0 Å². The summed E-state index contributed by atoms with van der Waals surface area (Å²) in [6.45, 7) is -0.439. The van der Waals surface area contributed by atoms with Gasteiger partial charge in [0, 0.05) is 6.42 Å². The lowest BCUT2D eigenvalue weighted by Gasteiger charge is -2.38. The van der Waals surface area contributed by atoms with Gasteiger partial charge < -0.3 is 10.6 Å². The number of benzene rings is 1. The molecule has 1 aliphatic rings. The van der Waals surface area contributed by atoms with E-state index in [-0.39, 0.29) is 0 Å². The summed E-state index contributed by atoms with van der Waals surface area (Å²) in [5, 5.41) is 3.77. The van der Waals surface area contributed by atoms with Gasteiger partial charge in [0.15, 0.2) is 0 Å². The zero-order valence-electron chi connectivity index (χ0n) is 9.75. The van der Waals surface area contributed by atoms with Crippen molar-refractivity contribution < 1.29 is 22.8 Å². The molecule has 1 heterocycles. The number of alkyl halides is 3. The molecule has 7 heteroatoms. The summed E-state index contributed by atoms with van der Waals surface area (Å²) in [4.78, 5) is 22.9. The van der Waals surface area contributed by atoms with E-state index in [0.717, 1.165) is 0 Å². The highest BCUT2D eigenvalue weighted by Crippen LogP contribution is 2.34. The predicted molar refractivity (Wildman–Crippen MR) is 60.1 cm³/mol. The van der Waals surface area contributed by atoms with Crippen molar-refractivity contribution in [2.45, 2.75) is 18.1 Å². The molecule has 4 nitrogen and oxygen atoms in total. The van der Waals surface area contributed by atoms with Gasteiger partial charge in [-0.05, 0) is 5.56 Å². The van der Waals surface area contributed by atoms with Crippen LogP contribution < -0.4 is 10.6 Å².